The van der Waals surface area contributed by atoms with E-state index < -0.39 is 0 Å². The Bertz CT molecular complexity index is 485. The van der Waals surface area contributed by atoms with E-state index in [1.807, 2.05) is 37.6 Å². The molecule has 0 saturated carbocycles. The van der Waals surface area contributed by atoms with Crippen LogP contribution in [-0.4, -0.2) is 18.6 Å². The number of pyridine rings is 1. The summed E-state index contributed by atoms with van der Waals surface area (Å²) >= 11 is 0. The summed E-state index contributed by atoms with van der Waals surface area (Å²) in [6.07, 6.45) is 5.70. The molecule has 1 aromatic heterocycles. The van der Waals surface area contributed by atoms with Crippen LogP contribution in [-0.2, 0) is 13.0 Å². The van der Waals surface area contributed by atoms with Gasteiger partial charge < -0.3 is 10.1 Å². The molecule has 0 saturated heterocycles. The first-order valence-corrected chi connectivity index (χ1v) is 6.64. The van der Waals surface area contributed by atoms with Crippen LogP contribution in [0, 0.1) is 0 Å². The van der Waals surface area contributed by atoms with Crippen molar-refractivity contribution in [3.05, 3.63) is 59.9 Å². The molecular formula is C16H20N2O. The first-order valence-electron chi connectivity index (χ1n) is 6.64. The predicted octanol–water partition coefficient (Wildman–Crippen LogP) is 2.81. The number of aryl methyl sites for hydroxylation is 1. The molecule has 0 spiro atoms. The van der Waals surface area contributed by atoms with Crippen LogP contribution in [0.2, 0.25) is 0 Å². The molecule has 0 fully saturated rings. The normalized spacial score (nSPS) is 10.4. The van der Waals surface area contributed by atoms with Gasteiger partial charge >= 0.3 is 0 Å². The smallest absolute Gasteiger partial charge is 0.123 e. The molecule has 0 bridgehead atoms. The van der Waals surface area contributed by atoms with Crippen LogP contribution in [0.15, 0.2) is 48.8 Å². The van der Waals surface area contributed by atoms with E-state index in [9.17, 15) is 0 Å². The maximum absolute atomic E-state index is 5.86. The van der Waals surface area contributed by atoms with Gasteiger partial charge in [0.1, 0.15) is 5.75 Å². The third kappa shape index (κ3) is 4.38. The van der Waals surface area contributed by atoms with Gasteiger partial charge in [0, 0.05) is 24.5 Å². The van der Waals surface area contributed by atoms with Crippen molar-refractivity contribution >= 4 is 0 Å². The fourth-order valence-corrected chi connectivity index (χ4v) is 1.99. The second-order valence-corrected chi connectivity index (χ2v) is 4.45. The number of aromatic nitrogens is 1. The van der Waals surface area contributed by atoms with Gasteiger partial charge in [-0.3, -0.25) is 4.98 Å². The quantitative estimate of drug-likeness (QED) is 0.773. The maximum Gasteiger partial charge on any atom is 0.123 e. The summed E-state index contributed by atoms with van der Waals surface area (Å²) in [5.74, 6) is 0.978. The van der Waals surface area contributed by atoms with Crippen LogP contribution >= 0.6 is 0 Å². The van der Waals surface area contributed by atoms with Crippen molar-refractivity contribution in [3.63, 3.8) is 0 Å². The number of ether oxygens (including phenoxy) is 1. The molecule has 1 N–H and O–H groups in total. The van der Waals surface area contributed by atoms with E-state index in [4.69, 9.17) is 4.74 Å². The summed E-state index contributed by atoms with van der Waals surface area (Å²) in [5, 5.41) is 3.15. The molecule has 100 valence electrons. The molecule has 19 heavy (non-hydrogen) atoms. The number of nitrogens with one attached hydrogen (secondary N) is 1. The molecule has 3 heteroatoms. The molecule has 0 amide bonds. The van der Waals surface area contributed by atoms with E-state index in [2.05, 4.69) is 28.5 Å². The first kappa shape index (κ1) is 13.6. The van der Waals surface area contributed by atoms with E-state index in [1.54, 1.807) is 0 Å². The van der Waals surface area contributed by atoms with E-state index in [-0.39, 0.29) is 0 Å². The number of rotatable bonds is 7. The van der Waals surface area contributed by atoms with E-state index in [0.29, 0.717) is 0 Å². The molecule has 0 aliphatic rings. The van der Waals surface area contributed by atoms with Crippen molar-refractivity contribution < 1.29 is 4.74 Å². The van der Waals surface area contributed by atoms with Gasteiger partial charge in [-0.25, -0.2) is 0 Å². The molecule has 1 aromatic carbocycles. The van der Waals surface area contributed by atoms with E-state index in [0.717, 1.165) is 31.7 Å². The topological polar surface area (TPSA) is 34.1 Å². The minimum Gasteiger partial charge on any atom is -0.493 e. The van der Waals surface area contributed by atoms with Gasteiger partial charge in [-0.15, -0.1) is 0 Å². The highest BCUT2D eigenvalue weighted by molar-refractivity contribution is 5.33. The van der Waals surface area contributed by atoms with Crippen LogP contribution in [0.1, 0.15) is 17.5 Å². The highest BCUT2D eigenvalue weighted by Crippen LogP contribution is 2.17. The number of benzene rings is 1. The minimum atomic E-state index is 0.739. The zero-order valence-electron chi connectivity index (χ0n) is 11.3. The Kier molecular flexibility index (Phi) is 5.38. The standard InChI is InChI=1S/C16H20N2O/c1-17-13-15-6-2-3-7-16(15)19-12-4-5-14-8-10-18-11-9-14/h2-3,6-11,17H,4-5,12-13H2,1H3. The molecule has 3 nitrogen and oxygen atoms in total. The highest BCUT2D eigenvalue weighted by Gasteiger charge is 2.01. The molecule has 0 atom stereocenters. The fraction of sp³-hybridized carbons (Fsp3) is 0.312. The largest absolute Gasteiger partial charge is 0.493 e. The molecule has 0 radical (unpaired) electrons. The van der Waals surface area contributed by atoms with Crippen LogP contribution in [0.25, 0.3) is 0 Å². The minimum absolute atomic E-state index is 0.739. The number of hydrogen-bond donors (Lipinski definition) is 1. The Morgan fingerprint density at radius 3 is 2.68 bits per heavy atom. The van der Waals surface area contributed by atoms with Crippen molar-refractivity contribution in [3.8, 4) is 5.75 Å². The van der Waals surface area contributed by atoms with Crippen molar-refractivity contribution in [2.45, 2.75) is 19.4 Å². The van der Waals surface area contributed by atoms with Crippen molar-refractivity contribution in [1.29, 1.82) is 0 Å². The van der Waals surface area contributed by atoms with Gasteiger partial charge in [0.2, 0.25) is 0 Å². The number of para-hydroxylation sites is 1. The van der Waals surface area contributed by atoms with Gasteiger partial charge in [0.15, 0.2) is 0 Å². The van der Waals surface area contributed by atoms with Crippen molar-refractivity contribution in [2.75, 3.05) is 13.7 Å². The lowest BCUT2D eigenvalue weighted by molar-refractivity contribution is 0.307. The first-order chi connectivity index (χ1) is 9.40. The summed E-state index contributed by atoms with van der Waals surface area (Å²) in [4.78, 5) is 4.02. The third-order valence-corrected chi connectivity index (χ3v) is 2.96. The van der Waals surface area contributed by atoms with E-state index in [1.165, 1.54) is 11.1 Å². The van der Waals surface area contributed by atoms with Gasteiger partial charge in [-0.1, -0.05) is 18.2 Å². The lowest BCUT2D eigenvalue weighted by Gasteiger charge is -2.11. The Morgan fingerprint density at radius 2 is 1.89 bits per heavy atom. The molecule has 0 aliphatic carbocycles. The summed E-state index contributed by atoms with van der Waals surface area (Å²) in [5.41, 5.74) is 2.51. The highest BCUT2D eigenvalue weighted by atomic mass is 16.5. The van der Waals surface area contributed by atoms with E-state index >= 15 is 0 Å². The Labute approximate surface area is 114 Å². The Hall–Kier alpha value is -1.87. The predicted molar refractivity (Wildman–Crippen MR) is 77.3 cm³/mol. The van der Waals surface area contributed by atoms with Crippen molar-refractivity contribution in [1.82, 2.24) is 10.3 Å². The third-order valence-electron chi connectivity index (χ3n) is 2.96. The van der Waals surface area contributed by atoms with Gasteiger partial charge in [-0.2, -0.15) is 0 Å². The molecular weight excluding hydrogens is 236 g/mol. The Morgan fingerprint density at radius 1 is 1.11 bits per heavy atom. The molecule has 0 unspecified atom stereocenters. The van der Waals surface area contributed by atoms with Gasteiger partial charge in [0.25, 0.3) is 0 Å². The number of hydrogen-bond acceptors (Lipinski definition) is 3. The maximum atomic E-state index is 5.86. The second kappa shape index (κ2) is 7.54. The lowest BCUT2D eigenvalue weighted by atomic mass is 10.1. The van der Waals surface area contributed by atoms with Gasteiger partial charge in [0.05, 0.1) is 6.61 Å². The van der Waals surface area contributed by atoms with Crippen LogP contribution in [0.3, 0.4) is 0 Å². The number of nitrogens with zero attached hydrogens (tertiary/aromatic N) is 1. The average molecular weight is 256 g/mol. The summed E-state index contributed by atoms with van der Waals surface area (Å²) in [6.45, 7) is 1.57. The Balaban J connectivity index is 1.79. The van der Waals surface area contributed by atoms with Crippen LogP contribution in [0.4, 0.5) is 0 Å². The molecule has 2 aromatic rings. The summed E-state index contributed by atoms with van der Waals surface area (Å²) in [6, 6.07) is 12.3. The van der Waals surface area contributed by atoms with Crippen molar-refractivity contribution in [2.24, 2.45) is 0 Å². The second-order valence-electron chi connectivity index (χ2n) is 4.45. The van der Waals surface area contributed by atoms with Gasteiger partial charge in [-0.05, 0) is 43.7 Å². The average Bonchev–Trinajstić information content (AvgIpc) is 2.47. The lowest BCUT2D eigenvalue weighted by Crippen LogP contribution is -2.08. The zero-order chi connectivity index (χ0) is 13.3. The van der Waals surface area contributed by atoms with Crippen LogP contribution < -0.4 is 10.1 Å². The molecule has 1 heterocycles. The molecule has 0 aliphatic heterocycles. The summed E-state index contributed by atoms with van der Waals surface area (Å²) < 4.78 is 5.86. The monoisotopic (exact) mass is 256 g/mol. The zero-order valence-corrected chi connectivity index (χ0v) is 11.3. The fourth-order valence-electron chi connectivity index (χ4n) is 1.99. The van der Waals surface area contributed by atoms with Crippen LogP contribution in [0.5, 0.6) is 5.75 Å². The summed E-state index contributed by atoms with van der Waals surface area (Å²) in [7, 11) is 1.94. The SMILES string of the molecule is CNCc1ccccc1OCCCc1ccncc1. The molecule has 2 rings (SSSR count).